The molecule has 0 radical (unpaired) electrons. The number of benzene rings is 1. The summed E-state index contributed by atoms with van der Waals surface area (Å²) in [4.78, 5) is 12.7. The lowest BCUT2D eigenvalue weighted by Gasteiger charge is -2.14. The van der Waals surface area contributed by atoms with Gasteiger partial charge in [-0.25, -0.2) is 26.2 Å². The van der Waals surface area contributed by atoms with Crippen molar-refractivity contribution in [1.29, 1.82) is 0 Å². The van der Waals surface area contributed by atoms with Crippen molar-refractivity contribution < 1.29 is 21.6 Å². The Morgan fingerprint density at radius 1 is 1.38 bits per heavy atom. The highest BCUT2D eigenvalue weighted by atomic mass is 32.2. The van der Waals surface area contributed by atoms with Crippen LogP contribution in [0.3, 0.4) is 0 Å². The number of nitrogens with zero attached hydrogens (tertiary/aromatic N) is 2. The maximum atomic E-state index is 12.7. The highest BCUT2D eigenvalue weighted by Gasteiger charge is 2.31. The summed E-state index contributed by atoms with van der Waals surface area (Å²) in [6, 6.07) is 6.93. The molecule has 1 aliphatic rings. The summed E-state index contributed by atoms with van der Waals surface area (Å²) in [6.07, 6.45) is 1.84. The van der Waals surface area contributed by atoms with Gasteiger partial charge in [0.15, 0.2) is 9.84 Å². The first-order chi connectivity index (χ1) is 13.6. The van der Waals surface area contributed by atoms with Crippen molar-refractivity contribution in [1.82, 2.24) is 14.5 Å². The number of amides is 1. The molecule has 1 saturated heterocycles. The third-order valence-corrected chi connectivity index (χ3v) is 7.65. The smallest absolute Gasteiger partial charge is 0.256 e. The van der Waals surface area contributed by atoms with Crippen LogP contribution in [0.1, 0.15) is 28.5 Å². The number of aryl methyl sites for hydroxylation is 1. The van der Waals surface area contributed by atoms with Gasteiger partial charge >= 0.3 is 0 Å². The first-order valence-electron chi connectivity index (χ1n) is 8.90. The van der Waals surface area contributed by atoms with Crippen LogP contribution < -0.4 is 10.0 Å². The van der Waals surface area contributed by atoms with Crippen LogP contribution in [0.2, 0.25) is 0 Å². The molecule has 1 amide bonds. The summed E-state index contributed by atoms with van der Waals surface area (Å²) in [6.45, 7) is 5.28. The Hall–Kier alpha value is -2.50. The normalized spacial score (nSPS) is 18.4. The number of nitrogens with one attached hydrogen (secondary N) is 2. The highest BCUT2D eigenvalue weighted by Crippen LogP contribution is 2.27. The van der Waals surface area contributed by atoms with Crippen molar-refractivity contribution in [3.63, 3.8) is 0 Å². The molecule has 2 N–H and O–H groups in total. The fourth-order valence-corrected chi connectivity index (χ4v) is 5.84. The minimum absolute atomic E-state index is 0.0281. The fourth-order valence-electron chi connectivity index (χ4n) is 3.10. The molecule has 11 heteroatoms. The Balaban J connectivity index is 1.83. The van der Waals surface area contributed by atoms with Crippen LogP contribution in [0, 0.1) is 6.92 Å². The van der Waals surface area contributed by atoms with Gasteiger partial charge in [-0.15, -0.1) is 6.58 Å². The van der Waals surface area contributed by atoms with Gasteiger partial charge in [0.2, 0.25) is 10.0 Å². The van der Waals surface area contributed by atoms with Gasteiger partial charge in [0.1, 0.15) is 5.82 Å². The molecule has 1 aromatic carbocycles. The van der Waals surface area contributed by atoms with E-state index >= 15 is 0 Å². The zero-order valence-corrected chi connectivity index (χ0v) is 17.5. The molecular weight excluding hydrogens is 416 g/mol. The number of anilines is 1. The minimum atomic E-state index is -3.77. The largest absolute Gasteiger partial charge is 0.307 e. The van der Waals surface area contributed by atoms with Gasteiger partial charge in [-0.1, -0.05) is 12.1 Å². The Morgan fingerprint density at radius 3 is 2.79 bits per heavy atom. The van der Waals surface area contributed by atoms with E-state index in [2.05, 4.69) is 21.7 Å². The van der Waals surface area contributed by atoms with Crippen LogP contribution in [0.25, 0.3) is 0 Å². The van der Waals surface area contributed by atoms with Gasteiger partial charge in [0, 0.05) is 18.2 Å². The van der Waals surface area contributed by atoms with E-state index in [0.29, 0.717) is 17.9 Å². The van der Waals surface area contributed by atoms with Gasteiger partial charge < -0.3 is 5.32 Å². The molecule has 1 aromatic heterocycles. The summed E-state index contributed by atoms with van der Waals surface area (Å²) in [5.41, 5.74) is 0.783. The molecule has 3 rings (SSSR count). The molecule has 1 aliphatic heterocycles. The quantitative estimate of drug-likeness (QED) is 0.627. The first-order valence-corrected chi connectivity index (χ1v) is 12.2. The maximum Gasteiger partial charge on any atom is 0.256 e. The molecule has 0 spiro atoms. The van der Waals surface area contributed by atoms with Crippen LogP contribution in [0.5, 0.6) is 0 Å². The fraction of sp³-hybridized carbons (Fsp3) is 0.333. The highest BCUT2D eigenvalue weighted by molar-refractivity contribution is 7.91. The Kier molecular flexibility index (Phi) is 5.92. The van der Waals surface area contributed by atoms with E-state index in [0.717, 1.165) is 0 Å². The molecule has 29 heavy (non-hydrogen) atoms. The lowest BCUT2D eigenvalue weighted by molar-refractivity contribution is 0.102. The number of sulfonamides is 1. The molecule has 156 valence electrons. The topological polar surface area (TPSA) is 127 Å². The Labute approximate surface area is 169 Å². The molecule has 1 atom stereocenters. The van der Waals surface area contributed by atoms with Crippen molar-refractivity contribution in [3.8, 4) is 0 Å². The van der Waals surface area contributed by atoms with E-state index < -0.39 is 25.8 Å². The van der Waals surface area contributed by atoms with Crippen molar-refractivity contribution >= 4 is 31.6 Å². The summed E-state index contributed by atoms with van der Waals surface area (Å²) < 4.78 is 51.9. The Bertz CT molecular complexity index is 1150. The molecule has 0 aliphatic carbocycles. The van der Waals surface area contributed by atoms with Crippen molar-refractivity contribution in [3.05, 3.63) is 54.2 Å². The second-order valence-corrected chi connectivity index (χ2v) is 10.8. The predicted molar refractivity (Wildman–Crippen MR) is 109 cm³/mol. The summed E-state index contributed by atoms with van der Waals surface area (Å²) in [7, 11) is -6.88. The van der Waals surface area contributed by atoms with Gasteiger partial charge in [-0.05, 0) is 31.5 Å². The monoisotopic (exact) mass is 438 g/mol. The van der Waals surface area contributed by atoms with E-state index in [1.807, 2.05) is 0 Å². The first kappa shape index (κ1) is 21.2. The zero-order chi connectivity index (χ0) is 21.2. The van der Waals surface area contributed by atoms with Gasteiger partial charge in [0.25, 0.3) is 5.91 Å². The van der Waals surface area contributed by atoms with Crippen molar-refractivity contribution in [2.75, 3.05) is 23.4 Å². The lowest BCUT2D eigenvalue weighted by atomic mass is 10.2. The number of aromatic nitrogens is 2. The molecule has 0 saturated carbocycles. The summed E-state index contributed by atoms with van der Waals surface area (Å²) in [5.74, 6) is -0.0956. The molecule has 0 unspecified atom stereocenters. The van der Waals surface area contributed by atoms with Crippen molar-refractivity contribution in [2.45, 2.75) is 24.3 Å². The summed E-state index contributed by atoms with van der Waals surface area (Å²) >= 11 is 0. The van der Waals surface area contributed by atoms with Gasteiger partial charge in [-0.3, -0.25) is 4.79 Å². The third kappa shape index (κ3) is 4.92. The zero-order valence-electron chi connectivity index (χ0n) is 15.8. The van der Waals surface area contributed by atoms with Crippen LogP contribution in [-0.4, -0.2) is 50.6 Å². The van der Waals surface area contributed by atoms with Crippen LogP contribution in [0.4, 0.5) is 5.82 Å². The van der Waals surface area contributed by atoms with E-state index in [1.165, 1.54) is 35.0 Å². The average molecular weight is 439 g/mol. The Morgan fingerprint density at radius 2 is 2.14 bits per heavy atom. The number of carbonyl (C=O) groups is 1. The lowest BCUT2D eigenvalue weighted by Crippen LogP contribution is -2.24. The number of carbonyl (C=O) groups excluding carboxylic acids is 1. The molecule has 2 aromatic rings. The SMILES string of the molecule is C=CCNS(=O)(=O)c1cccc(C(=O)Nc2cc(C)nn2[C@H]2CCS(=O)(=O)C2)c1. The second kappa shape index (κ2) is 8.09. The molecule has 1 fully saturated rings. The number of sulfone groups is 1. The molecular formula is C18H22N4O5S2. The van der Waals surface area contributed by atoms with Crippen LogP contribution in [-0.2, 0) is 19.9 Å². The van der Waals surface area contributed by atoms with E-state index in [-0.39, 0.29) is 34.6 Å². The number of hydrogen-bond acceptors (Lipinski definition) is 6. The molecule has 0 bridgehead atoms. The second-order valence-electron chi connectivity index (χ2n) is 6.79. The average Bonchev–Trinajstić information content (AvgIpc) is 3.21. The minimum Gasteiger partial charge on any atom is -0.307 e. The number of hydrogen-bond donors (Lipinski definition) is 2. The molecule has 9 nitrogen and oxygen atoms in total. The number of rotatable bonds is 7. The van der Waals surface area contributed by atoms with Gasteiger partial charge in [0.05, 0.1) is 28.1 Å². The third-order valence-electron chi connectivity index (χ3n) is 4.48. The van der Waals surface area contributed by atoms with Crippen LogP contribution in [0.15, 0.2) is 47.9 Å². The van der Waals surface area contributed by atoms with E-state index in [4.69, 9.17) is 0 Å². The van der Waals surface area contributed by atoms with Crippen LogP contribution >= 0.6 is 0 Å². The van der Waals surface area contributed by atoms with E-state index in [1.54, 1.807) is 13.0 Å². The maximum absolute atomic E-state index is 12.7. The van der Waals surface area contributed by atoms with Crippen molar-refractivity contribution in [2.24, 2.45) is 0 Å². The van der Waals surface area contributed by atoms with Gasteiger partial charge in [-0.2, -0.15) is 5.10 Å². The van der Waals surface area contributed by atoms with E-state index in [9.17, 15) is 21.6 Å². The summed E-state index contributed by atoms with van der Waals surface area (Å²) in [5, 5.41) is 7.03. The standard InChI is InChI=1S/C18H22N4O5S2/c1-3-8-19-29(26,27)16-6-4-5-14(11-16)18(23)20-17-10-13(2)21-22(17)15-7-9-28(24,25)12-15/h3-6,10-11,15,19H,1,7-9,12H2,2H3,(H,20,23)/t15-/m0/s1. The predicted octanol–water partition coefficient (Wildman–Crippen LogP) is 1.27. The molecule has 2 heterocycles.